The van der Waals surface area contributed by atoms with Gasteiger partial charge < -0.3 is 15.8 Å². The summed E-state index contributed by atoms with van der Waals surface area (Å²) in [6.07, 6.45) is 1.60. The number of hydrogen-bond acceptors (Lipinski definition) is 4. The summed E-state index contributed by atoms with van der Waals surface area (Å²) in [7, 11) is 1.61. The molecule has 94 valence electrons. The van der Waals surface area contributed by atoms with Crippen LogP contribution >= 0.6 is 11.6 Å². The maximum absolute atomic E-state index is 6.12. The van der Waals surface area contributed by atoms with Crippen LogP contribution in [0.2, 0.25) is 5.02 Å². The third kappa shape index (κ3) is 2.65. The molecule has 2 rings (SSSR count). The lowest BCUT2D eigenvalue weighted by atomic mass is 10.2. The highest BCUT2D eigenvalue weighted by Gasteiger charge is 2.06. The van der Waals surface area contributed by atoms with Crippen molar-refractivity contribution >= 4 is 28.8 Å². The van der Waals surface area contributed by atoms with E-state index < -0.39 is 0 Å². The number of ether oxygens (including phenoxy) is 1. The van der Waals surface area contributed by atoms with Crippen molar-refractivity contribution in [2.24, 2.45) is 0 Å². The van der Waals surface area contributed by atoms with Crippen molar-refractivity contribution in [3.8, 4) is 5.75 Å². The Balaban J connectivity index is 2.33. The maximum Gasteiger partial charge on any atom is 0.133 e. The molecule has 0 bridgehead atoms. The number of anilines is 3. The van der Waals surface area contributed by atoms with Gasteiger partial charge in [-0.2, -0.15) is 0 Å². The van der Waals surface area contributed by atoms with Crippen molar-refractivity contribution in [1.29, 1.82) is 0 Å². The number of nitrogen functional groups attached to an aromatic ring is 1. The number of methoxy groups -OCH3 is 1. The molecule has 0 saturated carbocycles. The van der Waals surface area contributed by atoms with E-state index in [-0.39, 0.29) is 0 Å². The molecule has 0 radical (unpaired) electrons. The fourth-order valence-corrected chi connectivity index (χ4v) is 1.75. The van der Waals surface area contributed by atoms with Crippen LogP contribution in [0, 0.1) is 6.92 Å². The molecule has 4 nitrogen and oxygen atoms in total. The Hall–Kier alpha value is -1.94. The molecule has 1 aromatic carbocycles. The summed E-state index contributed by atoms with van der Waals surface area (Å²) in [6, 6.07) is 7.25. The largest absolute Gasteiger partial charge is 0.497 e. The highest BCUT2D eigenvalue weighted by Crippen LogP contribution is 2.30. The van der Waals surface area contributed by atoms with Gasteiger partial charge in [0.25, 0.3) is 0 Å². The Morgan fingerprint density at radius 2 is 2.11 bits per heavy atom. The predicted octanol–water partition coefficient (Wildman–Crippen LogP) is 3.38. The van der Waals surface area contributed by atoms with E-state index in [2.05, 4.69) is 10.3 Å². The molecule has 0 aliphatic carbocycles. The smallest absolute Gasteiger partial charge is 0.133 e. The Morgan fingerprint density at radius 3 is 2.78 bits per heavy atom. The number of aryl methyl sites for hydroxylation is 1. The van der Waals surface area contributed by atoms with Crippen molar-refractivity contribution in [1.82, 2.24) is 4.98 Å². The number of nitrogens with zero attached hydrogens (tertiary/aromatic N) is 1. The minimum atomic E-state index is 0.605. The fourth-order valence-electron chi connectivity index (χ4n) is 1.58. The normalized spacial score (nSPS) is 10.2. The highest BCUT2D eigenvalue weighted by atomic mass is 35.5. The molecule has 0 saturated heterocycles. The monoisotopic (exact) mass is 263 g/mol. The molecule has 5 heteroatoms. The Kier molecular flexibility index (Phi) is 3.58. The predicted molar refractivity (Wildman–Crippen MR) is 74.7 cm³/mol. The second-order valence-electron chi connectivity index (χ2n) is 3.90. The first-order chi connectivity index (χ1) is 8.60. The lowest BCUT2D eigenvalue weighted by molar-refractivity contribution is 0.415. The van der Waals surface area contributed by atoms with Crippen molar-refractivity contribution in [3.63, 3.8) is 0 Å². The van der Waals surface area contributed by atoms with Crippen molar-refractivity contribution in [3.05, 3.63) is 41.0 Å². The first-order valence-electron chi connectivity index (χ1n) is 5.43. The van der Waals surface area contributed by atoms with Gasteiger partial charge in [0.05, 0.1) is 29.7 Å². The molecule has 0 spiro atoms. The minimum Gasteiger partial charge on any atom is -0.497 e. The fraction of sp³-hybridized carbons (Fsp3) is 0.154. The van der Waals surface area contributed by atoms with Crippen LogP contribution in [0.3, 0.4) is 0 Å². The number of nitrogens with two attached hydrogens (primary N) is 1. The Bertz CT molecular complexity index is 572. The minimum absolute atomic E-state index is 0.605. The molecule has 3 N–H and O–H groups in total. The molecule has 0 unspecified atom stereocenters. The molecule has 0 amide bonds. The van der Waals surface area contributed by atoms with E-state index in [0.717, 1.165) is 22.8 Å². The van der Waals surface area contributed by atoms with Crippen LogP contribution in [-0.4, -0.2) is 12.1 Å². The molecular weight excluding hydrogens is 250 g/mol. The van der Waals surface area contributed by atoms with E-state index >= 15 is 0 Å². The number of nitrogens with one attached hydrogen (secondary N) is 1. The van der Waals surface area contributed by atoms with Gasteiger partial charge in [0.1, 0.15) is 11.6 Å². The number of benzene rings is 1. The lowest BCUT2D eigenvalue weighted by Gasteiger charge is -2.11. The quantitative estimate of drug-likeness (QED) is 0.891. The molecule has 0 atom stereocenters. The van der Waals surface area contributed by atoms with E-state index in [1.807, 2.05) is 19.1 Å². The van der Waals surface area contributed by atoms with Gasteiger partial charge in [-0.05, 0) is 30.7 Å². The van der Waals surface area contributed by atoms with Crippen LogP contribution < -0.4 is 15.8 Å². The maximum atomic E-state index is 6.12. The summed E-state index contributed by atoms with van der Waals surface area (Å²) in [5, 5.41) is 3.77. The first-order valence-corrected chi connectivity index (χ1v) is 5.80. The summed E-state index contributed by atoms with van der Waals surface area (Å²) < 4.78 is 5.16. The highest BCUT2D eigenvalue weighted by molar-refractivity contribution is 6.33. The van der Waals surface area contributed by atoms with Gasteiger partial charge in [0, 0.05) is 6.07 Å². The van der Waals surface area contributed by atoms with Gasteiger partial charge >= 0.3 is 0 Å². The standard InChI is InChI=1S/C13H14ClN3O/c1-8-5-9(15)7-16-13(8)17-12-6-10(18-2)3-4-11(12)14/h3-7H,15H2,1-2H3,(H,16,17). The number of hydrogen-bond donors (Lipinski definition) is 2. The van der Waals surface area contributed by atoms with Gasteiger partial charge in [-0.3, -0.25) is 0 Å². The Morgan fingerprint density at radius 1 is 1.33 bits per heavy atom. The number of rotatable bonds is 3. The van der Waals surface area contributed by atoms with Crippen LogP contribution in [0.15, 0.2) is 30.5 Å². The molecular formula is C13H14ClN3O. The molecule has 1 heterocycles. The SMILES string of the molecule is COc1ccc(Cl)c(Nc2ncc(N)cc2C)c1. The zero-order valence-corrected chi connectivity index (χ0v) is 11.0. The van der Waals surface area contributed by atoms with Crippen LogP contribution in [0.1, 0.15) is 5.56 Å². The summed E-state index contributed by atoms with van der Waals surface area (Å²) >= 11 is 6.12. The number of halogens is 1. The first kappa shape index (κ1) is 12.5. The average Bonchev–Trinajstić information content (AvgIpc) is 2.35. The molecule has 2 aromatic rings. The Labute approximate surface area is 111 Å². The summed E-state index contributed by atoms with van der Waals surface area (Å²) in [5.74, 6) is 1.45. The van der Waals surface area contributed by atoms with E-state index in [0.29, 0.717) is 10.7 Å². The summed E-state index contributed by atoms with van der Waals surface area (Å²) in [4.78, 5) is 4.23. The summed E-state index contributed by atoms with van der Waals surface area (Å²) in [6.45, 7) is 1.93. The van der Waals surface area contributed by atoms with E-state index in [9.17, 15) is 0 Å². The molecule has 0 aliphatic rings. The van der Waals surface area contributed by atoms with E-state index in [1.165, 1.54) is 0 Å². The molecule has 1 aromatic heterocycles. The third-order valence-electron chi connectivity index (χ3n) is 2.53. The van der Waals surface area contributed by atoms with Crippen molar-refractivity contribution in [2.75, 3.05) is 18.2 Å². The molecule has 0 aliphatic heterocycles. The van der Waals surface area contributed by atoms with Crippen LogP contribution in [0.5, 0.6) is 5.75 Å². The lowest BCUT2D eigenvalue weighted by Crippen LogP contribution is -1.99. The van der Waals surface area contributed by atoms with Crippen LogP contribution in [0.25, 0.3) is 0 Å². The van der Waals surface area contributed by atoms with Crippen molar-refractivity contribution in [2.45, 2.75) is 6.92 Å². The van der Waals surface area contributed by atoms with Gasteiger partial charge in [0.15, 0.2) is 0 Å². The second-order valence-corrected chi connectivity index (χ2v) is 4.31. The van der Waals surface area contributed by atoms with Crippen LogP contribution in [-0.2, 0) is 0 Å². The van der Waals surface area contributed by atoms with Gasteiger partial charge in [-0.1, -0.05) is 11.6 Å². The zero-order valence-electron chi connectivity index (χ0n) is 10.2. The topological polar surface area (TPSA) is 60.2 Å². The molecule has 0 fully saturated rings. The van der Waals surface area contributed by atoms with Gasteiger partial charge in [0.2, 0.25) is 0 Å². The van der Waals surface area contributed by atoms with E-state index in [1.54, 1.807) is 25.4 Å². The summed E-state index contributed by atoms with van der Waals surface area (Å²) in [5.41, 5.74) is 7.99. The van der Waals surface area contributed by atoms with Gasteiger partial charge in [-0.25, -0.2) is 4.98 Å². The number of pyridine rings is 1. The number of aromatic nitrogens is 1. The van der Waals surface area contributed by atoms with E-state index in [4.69, 9.17) is 22.1 Å². The van der Waals surface area contributed by atoms with Crippen LogP contribution in [0.4, 0.5) is 17.2 Å². The van der Waals surface area contributed by atoms with Gasteiger partial charge in [-0.15, -0.1) is 0 Å². The average molecular weight is 264 g/mol. The molecule has 18 heavy (non-hydrogen) atoms. The van der Waals surface area contributed by atoms with Crippen molar-refractivity contribution < 1.29 is 4.74 Å². The zero-order chi connectivity index (χ0) is 13.1. The third-order valence-corrected chi connectivity index (χ3v) is 2.86. The second kappa shape index (κ2) is 5.14.